The van der Waals surface area contributed by atoms with Crippen molar-refractivity contribution in [3.05, 3.63) is 83.9 Å². The highest BCUT2D eigenvalue weighted by Gasteiger charge is 2.23. The molecular formula is C31H35ClN2O3. The lowest BCUT2D eigenvalue weighted by atomic mass is 9.86. The molecule has 0 spiro atoms. The molecule has 0 aliphatic carbocycles. The minimum absolute atomic E-state index is 0.000209. The highest BCUT2D eigenvalue weighted by atomic mass is 35.5. The van der Waals surface area contributed by atoms with Gasteiger partial charge in [-0.15, -0.1) is 11.6 Å². The van der Waals surface area contributed by atoms with Crippen LogP contribution in [0.2, 0.25) is 0 Å². The van der Waals surface area contributed by atoms with Crippen molar-refractivity contribution in [2.24, 2.45) is 0 Å². The zero-order chi connectivity index (χ0) is 25.5. The number of fused-ring (bicyclic) bond motifs is 1. The minimum Gasteiger partial charge on any atom is -0.491 e. The van der Waals surface area contributed by atoms with Crippen LogP contribution in [0, 0.1) is 0 Å². The number of carbonyl (C=O) groups excluding carboxylic acids is 1. The van der Waals surface area contributed by atoms with Gasteiger partial charge in [0.05, 0.1) is 18.6 Å². The van der Waals surface area contributed by atoms with Gasteiger partial charge in [0.1, 0.15) is 12.4 Å². The highest BCUT2D eigenvalue weighted by molar-refractivity contribution is 6.20. The van der Waals surface area contributed by atoms with E-state index >= 15 is 0 Å². The Morgan fingerprint density at radius 2 is 1.70 bits per heavy atom. The Morgan fingerprint density at radius 1 is 0.973 bits per heavy atom. The predicted octanol–water partition coefficient (Wildman–Crippen LogP) is 5.58. The fraction of sp³-hybridized carbons (Fsp3) is 0.387. The Bertz CT molecular complexity index is 1210. The number of ether oxygens (including phenoxy) is 2. The summed E-state index contributed by atoms with van der Waals surface area (Å²) in [4.78, 5) is 16.7. The number of alkyl halides is 1. The summed E-state index contributed by atoms with van der Waals surface area (Å²) in [5.74, 6) is 1.33. The average Bonchev–Trinajstić information content (AvgIpc) is 2.96. The Labute approximate surface area is 224 Å². The maximum Gasteiger partial charge on any atom is 0.246 e. The number of benzene rings is 3. The zero-order valence-electron chi connectivity index (χ0n) is 21.2. The lowest BCUT2D eigenvalue weighted by Gasteiger charge is -2.33. The third kappa shape index (κ3) is 6.72. The number of para-hydroxylation sites is 1. The van der Waals surface area contributed by atoms with Crippen molar-refractivity contribution in [3.8, 4) is 5.75 Å². The van der Waals surface area contributed by atoms with Crippen LogP contribution in [0.25, 0.3) is 16.8 Å². The molecule has 2 aliphatic rings. The van der Waals surface area contributed by atoms with E-state index in [0.717, 1.165) is 43.8 Å². The molecule has 3 aromatic carbocycles. The maximum absolute atomic E-state index is 12.5. The largest absolute Gasteiger partial charge is 0.491 e. The molecule has 2 fully saturated rings. The predicted molar refractivity (Wildman–Crippen MR) is 150 cm³/mol. The van der Waals surface area contributed by atoms with E-state index in [4.69, 9.17) is 21.1 Å². The molecule has 2 saturated heterocycles. The Morgan fingerprint density at radius 3 is 2.54 bits per heavy atom. The zero-order valence-corrected chi connectivity index (χ0v) is 22.0. The second kappa shape index (κ2) is 12.6. The first-order valence-electron chi connectivity index (χ1n) is 13.3. The quantitative estimate of drug-likeness (QED) is 0.288. The molecule has 194 valence electrons. The fourth-order valence-corrected chi connectivity index (χ4v) is 5.60. The van der Waals surface area contributed by atoms with E-state index in [9.17, 15) is 4.79 Å². The highest BCUT2D eigenvalue weighted by Crippen LogP contribution is 2.33. The number of amides is 1. The van der Waals surface area contributed by atoms with Gasteiger partial charge in [-0.05, 0) is 60.3 Å². The molecule has 5 rings (SSSR count). The van der Waals surface area contributed by atoms with Crippen LogP contribution in [0.5, 0.6) is 5.75 Å². The monoisotopic (exact) mass is 518 g/mol. The van der Waals surface area contributed by atoms with Gasteiger partial charge in [0, 0.05) is 31.3 Å². The van der Waals surface area contributed by atoms with Gasteiger partial charge in [-0.3, -0.25) is 4.79 Å². The van der Waals surface area contributed by atoms with Gasteiger partial charge >= 0.3 is 0 Å². The molecule has 0 saturated carbocycles. The van der Waals surface area contributed by atoms with Crippen molar-refractivity contribution in [2.45, 2.75) is 24.1 Å². The molecule has 0 N–H and O–H groups in total. The van der Waals surface area contributed by atoms with Gasteiger partial charge in [0.15, 0.2) is 0 Å². The number of morpholine rings is 1. The molecule has 5 nitrogen and oxygen atoms in total. The van der Waals surface area contributed by atoms with E-state index in [-0.39, 0.29) is 11.3 Å². The summed E-state index contributed by atoms with van der Waals surface area (Å²) in [5.41, 5.74) is 2.35. The fourth-order valence-electron chi connectivity index (χ4n) is 5.35. The molecule has 2 heterocycles. The topological polar surface area (TPSA) is 42.0 Å². The summed E-state index contributed by atoms with van der Waals surface area (Å²) in [6.07, 6.45) is 5.73. The standard InChI is InChI=1S/C31H35ClN2O3/c32-27(22-33-16-14-25(15-17-33)29-10-5-8-24-6-1-3-9-28(24)29)23-37-30-11-4-2-7-26(30)12-13-31(35)34-18-20-36-21-19-34/h1-13,25,27H,14-23H2. The summed E-state index contributed by atoms with van der Waals surface area (Å²) < 4.78 is 11.4. The number of halogens is 1. The number of likely N-dealkylation sites (tertiary alicyclic amines) is 1. The molecule has 37 heavy (non-hydrogen) atoms. The number of hydrogen-bond acceptors (Lipinski definition) is 4. The Kier molecular flexibility index (Phi) is 8.77. The molecule has 1 amide bonds. The van der Waals surface area contributed by atoms with Crippen LogP contribution in [0.3, 0.4) is 0 Å². The van der Waals surface area contributed by atoms with Crippen molar-refractivity contribution in [3.63, 3.8) is 0 Å². The van der Waals surface area contributed by atoms with E-state index in [2.05, 4.69) is 47.4 Å². The minimum atomic E-state index is -0.110. The summed E-state index contributed by atoms with van der Waals surface area (Å²) >= 11 is 6.72. The number of rotatable bonds is 8. The maximum atomic E-state index is 12.5. The van der Waals surface area contributed by atoms with Gasteiger partial charge in [-0.2, -0.15) is 0 Å². The van der Waals surface area contributed by atoms with Crippen molar-refractivity contribution in [2.75, 3.05) is 52.5 Å². The normalized spacial score (nSPS) is 18.4. The van der Waals surface area contributed by atoms with Gasteiger partial charge in [0.2, 0.25) is 5.91 Å². The first-order valence-corrected chi connectivity index (χ1v) is 13.7. The van der Waals surface area contributed by atoms with E-state index in [1.807, 2.05) is 35.2 Å². The van der Waals surface area contributed by atoms with E-state index < -0.39 is 0 Å². The lowest BCUT2D eigenvalue weighted by molar-refractivity contribution is -0.129. The third-order valence-corrected chi connectivity index (χ3v) is 7.64. The Hall–Kier alpha value is -2.86. The number of piperidine rings is 1. The molecule has 6 heteroatoms. The SMILES string of the molecule is O=C(C=Cc1ccccc1OCC(Cl)CN1CCC(c2cccc3ccccc23)CC1)N1CCOCC1. The molecule has 0 radical (unpaired) electrons. The molecule has 2 aliphatic heterocycles. The first-order chi connectivity index (χ1) is 18.2. The Balaban J connectivity index is 1.11. The molecular weight excluding hydrogens is 484 g/mol. The summed E-state index contributed by atoms with van der Waals surface area (Å²) in [7, 11) is 0. The van der Waals surface area contributed by atoms with Crippen molar-refractivity contribution < 1.29 is 14.3 Å². The van der Waals surface area contributed by atoms with Gasteiger partial charge in [-0.1, -0.05) is 60.7 Å². The van der Waals surface area contributed by atoms with Crippen LogP contribution in [0.4, 0.5) is 0 Å². The summed E-state index contributed by atoms with van der Waals surface area (Å²) in [6.45, 7) is 5.77. The average molecular weight is 519 g/mol. The molecule has 1 unspecified atom stereocenters. The molecule has 1 atom stereocenters. The lowest BCUT2D eigenvalue weighted by Crippen LogP contribution is -2.39. The third-order valence-electron chi connectivity index (χ3n) is 7.37. The number of nitrogens with zero attached hydrogens (tertiary/aromatic N) is 2. The van der Waals surface area contributed by atoms with Crippen molar-refractivity contribution in [1.29, 1.82) is 0 Å². The second-order valence-electron chi connectivity index (χ2n) is 9.86. The van der Waals surface area contributed by atoms with Crippen LogP contribution >= 0.6 is 11.6 Å². The van der Waals surface area contributed by atoms with Gasteiger partial charge in [0.25, 0.3) is 0 Å². The molecule has 0 bridgehead atoms. The van der Waals surface area contributed by atoms with Crippen LogP contribution in [-0.4, -0.2) is 73.6 Å². The van der Waals surface area contributed by atoms with Crippen LogP contribution in [0.1, 0.15) is 29.9 Å². The van der Waals surface area contributed by atoms with Crippen molar-refractivity contribution in [1.82, 2.24) is 9.80 Å². The number of hydrogen-bond donors (Lipinski definition) is 0. The van der Waals surface area contributed by atoms with Gasteiger partial charge in [-0.25, -0.2) is 0 Å². The van der Waals surface area contributed by atoms with E-state index in [0.29, 0.717) is 38.8 Å². The second-order valence-corrected chi connectivity index (χ2v) is 10.5. The van der Waals surface area contributed by atoms with E-state index in [1.54, 1.807) is 6.08 Å². The summed E-state index contributed by atoms with van der Waals surface area (Å²) in [6, 6.07) is 23.1. The van der Waals surface area contributed by atoms with Crippen molar-refractivity contribution >= 4 is 34.4 Å². The van der Waals surface area contributed by atoms with Crippen LogP contribution in [0.15, 0.2) is 72.8 Å². The van der Waals surface area contributed by atoms with E-state index in [1.165, 1.54) is 16.3 Å². The number of carbonyl (C=O) groups is 1. The first kappa shape index (κ1) is 25.8. The van der Waals surface area contributed by atoms with Crippen LogP contribution < -0.4 is 4.74 Å². The molecule has 0 aromatic heterocycles. The van der Waals surface area contributed by atoms with Crippen LogP contribution in [-0.2, 0) is 9.53 Å². The molecule has 3 aromatic rings. The summed E-state index contributed by atoms with van der Waals surface area (Å²) in [5, 5.41) is 2.59. The van der Waals surface area contributed by atoms with Gasteiger partial charge < -0.3 is 19.3 Å². The smallest absolute Gasteiger partial charge is 0.246 e.